The number of allylic oxidation sites excluding steroid dienone is 2. The minimum Gasteiger partial charge on any atom is -0.496 e. The minimum atomic E-state index is -0.469. The molecule has 0 amide bonds. The molecule has 2 aromatic rings. The maximum Gasteiger partial charge on any atom is 0.229 e. The summed E-state index contributed by atoms with van der Waals surface area (Å²) in [7, 11) is 1.59. The normalized spacial score (nSPS) is 27.8. The maximum absolute atomic E-state index is 14.0. The number of aryl methyl sites for hydroxylation is 1. The lowest BCUT2D eigenvalue weighted by atomic mass is 9.66. The van der Waals surface area contributed by atoms with E-state index >= 15 is 0 Å². The fraction of sp³-hybridized carbons (Fsp3) is 0.550. The van der Waals surface area contributed by atoms with Crippen molar-refractivity contribution in [2.45, 2.75) is 98.3 Å². The van der Waals surface area contributed by atoms with Crippen LogP contribution >= 0.6 is 0 Å². The summed E-state index contributed by atoms with van der Waals surface area (Å²) >= 11 is 0. The first kappa shape index (κ1) is 33.0. The van der Waals surface area contributed by atoms with Crippen LogP contribution in [-0.2, 0) is 20.8 Å². The molecule has 2 aromatic carbocycles. The Bertz CT molecular complexity index is 1470. The van der Waals surface area contributed by atoms with E-state index in [1.807, 2.05) is 45.9 Å². The molecule has 5 heteroatoms. The van der Waals surface area contributed by atoms with Gasteiger partial charge in [-0.05, 0) is 105 Å². The van der Waals surface area contributed by atoms with Gasteiger partial charge in [0.2, 0.25) is 11.6 Å². The summed E-state index contributed by atoms with van der Waals surface area (Å²) in [6.07, 6.45) is 9.22. The first-order chi connectivity index (χ1) is 21.5. The summed E-state index contributed by atoms with van der Waals surface area (Å²) in [6, 6.07) is 12.5. The summed E-state index contributed by atoms with van der Waals surface area (Å²) in [5.74, 6) is 0.0879. The Hall–Kier alpha value is -3.34. The largest absolute Gasteiger partial charge is 0.496 e. The average Bonchev–Trinajstić information content (AvgIpc) is 3.36. The molecule has 45 heavy (non-hydrogen) atoms. The van der Waals surface area contributed by atoms with E-state index in [-0.39, 0.29) is 46.9 Å². The van der Waals surface area contributed by atoms with Crippen LogP contribution in [0, 0.1) is 42.4 Å². The molecule has 0 saturated heterocycles. The molecule has 5 rings (SSSR count). The second-order valence-corrected chi connectivity index (χ2v) is 14.3. The Kier molecular flexibility index (Phi) is 10.3. The van der Waals surface area contributed by atoms with Crippen LogP contribution in [0.25, 0.3) is 5.57 Å². The smallest absolute Gasteiger partial charge is 0.229 e. The van der Waals surface area contributed by atoms with Crippen molar-refractivity contribution in [3.8, 4) is 5.75 Å². The third kappa shape index (κ3) is 6.93. The molecular weight excluding hydrogens is 560 g/mol. The number of Topliss-reactive ketones (excluding diaryl/α,β-unsaturated/α-hetero) is 4. The molecule has 240 valence electrons. The summed E-state index contributed by atoms with van der Waals surface area (Å²) < 4.78 is 5.73. The molecule has 0 bridgehead atoms. The Morgan fingerprint density at radius 2 is 1.51 bits per heavy atom. The Morgan fingerprint density at radius 3 is 2.16 bits per heavy atom. The predicted molar refractivity (Wildman–Crippen MR) is 179 cm³/mol. The lowest BCUT2D eigenvalue weighted by molar-refractivity contribution is -0.139. The van der Waals surface area contributed by atoms with E-state index in [1.165, 1.54) is 11.1 Å². The third-order valence-electron chi connectivity index (χ3n) is 11.0. The van der Waals surface area contributed by atoms with Crippen LogP contribution in [0.5, 0.6) is 5.75 Å². The molecule has 2 saturated carbocycles. The van der Waals surface area contributed by atoms with E-state index in [9.17, 15) is 19.2 Å². The van der Waals surface area contributed by atoms with Gasteiger partial charge in [0.05, 0.1) is 12.7 Å². The van der Waals surface area contributed by atoms with Gasteiger partial charge in [0.15, 0.2) is 5.78 Å². The van der Waals surface area contributed by atoms with Crippen molar-refractivity contribution < 1.29 is 23.9 Å². The standard InChI is InChI=1S/C40H50O5/c1-7-8-36(41)31-17-26(5)32(18-25(31)4)39(43)40(44)34-19-24(3)30-22-37(45-6)35(21-33(30)34)38(42)29-15-13-28(14-16-29)20-27-11-9-23(2)10-12-27/h9-12,19,21-22,24-26,28-29,31-32H,7-8,13-18,20H2,1-6H3/t24?,25-,26?,28?,29?,31?,32?/m1/s1. The number of ether oxygens (including phenoxy) is 1. The molecule has 3 aliphatic carbocycles. The van der Waals surface area contributed by atoms with E-state index < -0.39 is 11.7 Å². The lowest BCUT2D eigenvalue weighted by Crippen LogP contribution is -2.39. The zero-order valence-electron chi connectivity index (χ0n) is 28.0. The quantitative estimate of drug-likeness (QED) is 0.188. The molecule has 5 atom stereocenters. The van der Waals surface area contributed by atoms with Gasteiger partial charge in [0.1, 0.15) is 11.5 Å². The summed E-state index contributed by atoms with van der Waals surface area (Å²) in [5.41, 5.74) is 5.13. The molecular formula is C40H50O5. The van der Waals surface area contributed by atoms with Crippen LogP contribution < -0.4 is 4.74 Å². The van der Waals surface area contributed by atoms with Gasteiger partial charge in [-0.2, -0.15) is 0 Å². The van der Waals surface area contributed by atoms with Crippen LogP contribution in [0.3, 0.4) is 0 Å². The van der Waals surface area contributed by atoms with Crippen molar-refractivity contribution in [3.63, 3.8) is 0 Å². The molecule has 0 N–H and O–H groups in total. The average molecular weight is 611 g/mol. The minimum absolute atomic E-state index is 0.0310. The monoisotopic (exact) mass is 610 g/mol. The van der Waals surface area contributed by atoms with Gasteiger partial charge in [0, 0.05) is 35.7 Å². The highest BCUT2D eigenvalue weighted by Crippen LogP contribution is 2.44. The number of fused-ring (bicyclic) bond motifs is 1. The van der Waals surface area contributed by atoms with Gasteiger partial charge in [-0.25, -0.2) is 0 Å². The third-order valence-corrected chi connectivity index (χ3v) is 11.0. The Balaban J connectivity index is 1.30. The molecule has 2 fully saturated rings. The van der Waals surface area contributed by atoms with Gasteiger partial charge in [-0.3, -0.25) is 19.2 Å². The summed E-state index contributed by atoms with van der Waals surface area (Å²) in [5, 5.41) is 0. The van der Waals surface area contributed by atoms with Crippen molar-refractivity contribution in [3.05, 3.63) is 70.3 Å². The SMILES string of the molecule is CCCC(=O)C1CC(C)C(C(=O)C(=O)C2=CC(C)c3cc(OC)c(C(=O)C4CCC(Cc5ccc(C)cc5)CC4)cc32)C[C@H]1C. The fourth-order valence-corrected chi connectivity index (χ4v) is 8.24. The van der Waals surface area contributed by atoms with E-state index in [2.05, 4.69) is 31.2 Å². The van der Waals surface area contributed by atoms with Gasteiger partial charge >= 0.3 is 0 Å². The highest BCUT2D eigenvalue weighted by atomic mass is 16.5. The van der Waals surface area contributed by atoms with E-state index in [0.29, 0.717) is 47.6 Å². The Morgan fingerprint density at radius 1 is 0.867 bits per heavy atom. The van der Waals surface area contributed by atoms with Crippen molar-refractivity contribution in [2.24, 2.45) is 35.5 Å². The highest BCUT2D eigenvalue weighted by molar-refractivity contribution is 6.55. The highest BCUT2D eigenvalue weighted by Gasteiger charge is 2.42. The van der Waals surface area contributed by atoms with Crippen molar-refractivity contribution in [2.75, 3.05) is 7.11 Å². The zero-order valence-corrected chi connectivity index (χ0v) is 28.0. The van der Waals surface area contributed by atoms with E-state index in [1.54, 1.807) is 7.11 Å². The summed E-state index contributed by atoms with van der Waals surface area (Å²) in [6.45, 7) is 10.2. The predicted octanol–water partition coefficient (Wildman–Crippen LogP) is 8.54. The first-order valence-corrected chi connectivity index (χ1v) is 17.2. The number of ketones is 4. The molecule has 0 radical (unpaired) electrons. The van der Waals surface area contributed by atoms with Crippen molar-refractivity contribution in [1.82, 2.24) is 0 Å². The topological polar surface area (TPSA) is 77.5 Å². The number of rotatable bonds is 11. The van der Waals surface area contributed by atoms with E-state index in [0.717, 1.165) is 44.1 Å². The number of hydrogen-bond acceptors (Lipinski definition) is 5. The van der Waals surface area contributed by atoms with Crippen LogP contribution in [0.15, 0.2) is 42.5 Å². The lowest BCUT2D eigenvalue weighted by Gasteiger charge is -2.37. The van der Waals surface area contributed by atoms with Crippen LogP contribution in [0.2, 0.25) is 0 Å². The van der Waals surface area contributed by atoms with Crippen LogP contribution in [0.1, 0.15) is 118 Å². The molecule has 3 aliphatic rings. The number of benzene rings is 2. The second kappa shape index (κ2) is 14.0. The molecule has 0 aromatic heterocycles. The van der Waals surface area contributed by atoms with Crippen LogP contribution in [0.4, 0.5) is 0 Å². The number of hydrogen-bond donors (Lipinski definition) is 0. The molecule has 0 spiro atoms. The number of carbonyl (C=O) groups is 4. The molecule has 4 unspecified atom stereocenters. The van der Waals surface area contributed by atoms with Crippen molar-refractivity contribution >= 4 is 28.7 Å². The van der Waals surface area contributed by atoms with Gasteiger partial charge in [0.25, 0.3) is 0 Å². The van der Waals surface area contributed by atoms with Gasteiger partial charge in [-0.1, -0.05) is 63.6 Å². The maximum atomic E-state index is 14.0. The second-order valence-electron chi connectivity index (χ2n) is 14.3. The van der Waals surface area contributed by atoms with Gasteiger partial charge < -0.3 is 4.74 Å². The number of carbonyl (C=O) groups excluding carboxylic acids is 4. The molecule has 0 heterocycles. The number of methoxy groups -OCH3 is 1. The first-order valence-electron chi connectivity index (χ1n) is 17.2. The summed E-state index contributed by atoms with van der Waals surface area (Å²) in [4.78, 5) is 54.3. The zero-order chi connectivity index (χ0) is 32.4. The molecule has 0 aliphatic heterocycles. The molecule has 5 nitrogen and oxygen atoms in total. The Labute approximate surface area is 269 Å². The van der Waals surface area contributed by atoms with Gasteiger partial charge in [-0.15, -0.1) is 0 Å². The van der Waals surface area contributed by atoms with E-state index in [4.69, 9.17) is 4.74 Å². The fourth-order valence-electron chi connectivity index (χ4n) is 8.24. The van der Waals surface area contributed by atoms with Crippen molar-refractivity contribution in [1.29, 1.82) is 0 Å². The van der Waals surface area contributed by atoms with Crippen LogP contribution in [-0.4, -0.2) is 30.2 Å².